The number of likely N-dealkylation sites (tertiary alicyclic amines) is 1. The van der Waals surface area contributed by atoms with Gasteiger partial charge in [0.25, 0.3) is 0 Å². The fraction of sp³-hybridized carbons (Fsp3) is 0.400. The molecule has 1 unspecified atom stereocenters. The molecule has 2 aliphatic heterocycles. The van der Waals surface area contributed by atoms with Crippen molar-refractivity contribution in [1.29, 1.82) is 5.26 Å². The zero-order valence-corrected chi connectivity index (χ0v) is 19.6. The number of amides is 3. The van der Waals surface area contributed by atoms with E-state index >= 15 is 0 Å². The molecule has 2 N–H and O–H groups in total. The Kier molecular flexibility index (Phi) is 6.37. The molecule has 0 spiro atoms. The third kappa shape index (κ3) is 5.30. The molecule has 0 bridgehead atoms. The first-order valence-corrected chi connectivity index (χ1v) is 11.8. The number of halogens is 2. The molecule has 2 aromatic rings. The van der Waals surface area contributed by atoms with Gasteiger partial charge < -0.3 is 25.0 Å². The second-order valence-corrected chi connectivity index (χ2v) is 9.23. The van der Waals surface area contributed by atoms with Crippen molar-refractivity contribution in [2.45, 2.75) is 37.3 Å². The quantitative estimate of drug-likeness (QED) is 0.609. The fourth-order valence-electron chi connectivity index (χ4n) is 4.28. The summed E-state index contributed by atoms with van der Waals surface area (Å²) in [5, 5.41) is 14.8. The molecule has 1 aromatic carbocycles. The number of aromatic nitrogens is 1. The number of hydrogen-bond donors (Lipinski definition) is 2. The summed E-state index contributed by atoms with van der Waals surface area (Å²) in [7, 11) is 0. The van der Waals surface area contributed by atoms with Crippen molar-refractivity contribution in [1.82, 2.24) is 15.2 Å². The molecular weight excluding hydrogens is 488 g/mol. The van der Waals surface area contributed by atoms with E-state index in [0.717, 1.165) is 17.7 Å². The minimum absolute atomic E-state index is 0.00524. The number of ether oxygens (including phenoxy) is 2. The van der Waals surface area contributed by atoms with Crippen molar-refractivity contribution < 1.29 is 32.6 Å². The second kappa shape index (κ2) is 9.65. The normalized spacial score (nSPS) is 22.4. The molecule has 2 atom stereocenters. The first-order chi connectivity index (χ1) is 17.7. The molecule has 12 heteroatoms. The first kappa shape index (κ1) is 24.4. The minimum atomic E-state index is -3.39. The van der Waals surface area contributed by atoms with Gasteiger partial charge in [-0.1, -0.05) is 0 Å². The van der Waals surface area contributed by atoms with Crippen LogP contribution in [0.2, 0.25) is 0 Å². The maximum Gasteiger partial charge on any atom is 0.407 e. The molecule has 3 fully saturated rings. The number of alkyl halides is 2. The van der Waals surface area contributed by atoms with Gasteiger partial charge in [-0.15, -0.1) is 0 Å². The highest BCUT2D eigenvalue weighted by atomic mass is 19.3. The maximum atomic E-state index is 15.0. The summed E-state index contributed by atoms with van der Waals surface area (Å²) in [4.78, 5) is 41.0. The second-order valence-electron chi connectivity index (χ2n) is 9.23. The molecule has 192 valence electrons. The van der Waals surface area contributed by atoms with Crippen LogP contribution in [-0.2, 0) is 14.3 Å². The Morgan fingerprint density at radius 2 is 2.05 bits per heavy atom. The van der Waals surface area contributed by atoms with E-state index in [1.165, 1.54) is 18.3 Å². The van der Waals surface area contributed by atoms with Crippen molar-refractivity contribution in [2.24, 2.45) is 5.92 Å². The molecule has 3 aliphatic rings. The molecule has 37 heavy (non-hydrogen) atoms. The van der Waals surface area contributed by atoms with E-state index in [-0.39, 0.29) is 42.7 Å². The Labute approximate surface area is 210 Å². The van der Waals surface area contributed by atoms with E-state index in [0.29, 0.717) is 16.9 Å². The van der Waals surface area contributed by atoms with E-state index in [2.05, 4.69) is 20.4 Å². The number of carbonyl (C=O) groups is 3. The Bertz CT molecular complexity index is 1290. The van der Waals surface area contributed by atoms with Gasteiger partial charge >= 0.3 is 12.0 Å². The van der Waals surface area contributed by atoms with Crippen LogP contribution in [-0.4, -0.2) is 65.6 Å². The number of nitrogens with zero attached hydrogens (tertiary/aromatic N) is 3. The van der Waals surface area contributed by atoms with Crippen LogP contribution in [0.3, 0.4) is 0 Å². The largest absolute Gasteiger partial charge is 0.483 e. The van der Waals surface area contributed by atoms with Gasteiger partial charge in [-0.25, -0.2) is 13.6 Å². The van der Waals surface area contributed by atoms with Crippen molar-refractivity contribution in [3.05, 3.63) is 42.1 Å². The fourth-order valence-corrected chi connectivity index (χ4v) is 4.28. The van der Waals surface area contributed by atoms with Crippen LogP contribution in [0.1, 0.15) is 24.8 Å². The molecule has 1 saturated carbocycles. The predicted molar refractivity (Wildman–Crippen MR) is 125 cm³/mol. The van der Waals surface area contributed by atoms with Gasteiger partial charge in [0.05, 0.1) is 17.8 Å². The first-order valence-electron chi connectivity index (χ1n) is 11.8. The zero-order valence-electron chi connectivity index (χ0n) is 19.6. The molecule has 0 radical (unpaired) electrons. The van der Waals surface area contributed by atoms with Gasteiger partial charge in [0, 0.05) is 36.3 Å². The van der Waals surface area contributed by atoms with E-state index in [1.807, 2.05) is 6.07 Å². The summed E-state index contributed by atoms with van der Waals surface area (Å²) in [6.45, 7) is -1.09. The van der Waals surface area contributed by atoms with Crippen LogP contribution in [0, 0.1) is 17.2 Å². The lowest BCUT2D eigenvalue weighted by Crippen LogP contribution is -2.58. The molecular formula is C25H23F2N5O5. The summed E-state index contributed by atoms with van der Waals surface area (Å²) in [5.74, 6) is -4.05. The van der Waals surface area contributed by atoms with E-state index in [4.69, 9.17) is 4.74 Å². The average molecular weight is 511 g/mol. The molecule has 10 nitrogen and oxygen atoms in total. The van der Waals surface area contributed by atoms with Crippen molar-refractivity contribution >= 4 is 23.6 Å². The highest BCUT2D eigenvalue weighted by Crippen LogP contribution is 2.34. The van der Waals surface area contributed by atoms with Crippen LogP contribution < -0.4 is 15.4 Å². The smallest absolute Gasteiger partial charge is 0.407 e. The number of cyclic esters (lactones) is 1. The number of nitriles is 1. The monoisotopic (exact) mass is 511 g/mol. The van der Waals surface area contributed by atoms with Crippen LogP contribution in [0.15, 0.2) is 36.5 Å². The topological polar surface area (TPSA) is 134 Å². The van der Waals surface area contributed by atoms with Gasteiger partial charge in [-0.05, 0) is 43.2 Å². The summed E-state index contributed by atoms with van der Waals surface area (Å²) in [6.07, 6.45) is 0.797. The van der Waals surface area contributed by atoms with Crippen LogP contribution in [0.4, 0.5) is 19.3 Å². The number of hydrogen-bond acceptors (Lipinski definition) is 7. The SMILES string of the molecule is N#Cc1cc(-c2cc(NC(=O)C3CC3)ccn2)ccc1O[C@H]1CCN(C(=O)C2COC(=O)N2)CC1(F)F. The van der Waals surface area contributed by atoms with Gasteiger partial charge in [0.2, 0.25) is 11.8 Å². The predicted octanol–water partition coefficient (Wildman–Crippen LogP) is 2.69. The van der Waals surface area contributed by atoms with Gasteiger partial charge in [0.1, 0.15) is 24.5 Å². The van der Waals surface area contributed by atoms with Crippen molar-refractivity contribution in [3.63, 3.8) is 0 Å². The molecule has 3 heterocycles. The minimum Gasteiger partial charge on any atom is -0.483 e. The Hall–Kier alpha value is -4.27. The van der Waals surface area contributed by atoms with Gasteiger partial charge in [0.15, 0.2) is 6.10 Å². The van der Waals surface area contributed by atoms with Gasteiger partial charge in [-0.2, -0.15) is 5.26 Å². The summed E-state index contributed by atoms with van der Waals surface area (Å²) in [5.41, 5.74) is 1.67. The third-order valence-corrected chi connectivity index (χ3v) is 6.46. The lowest BCUT2D eigenvalue weighted by Gasteiger charge is -2.38. The molecule has 3 amide bonds. The number of carbonyl (C=O) groups excluding carboxylic acids is 3. The number of nitrogens with one attached hydrogen (secondary N) is 2. The lowest BCUT2D eigenvalue weighted by atomic mass is 10.0. The Morgan fingerprint density at radius 3 is 2.73 bits per heavy atom. The van der Waals surface area contributed by atoms with Gasteiger partial charge in [-0.3, -0.25) is 14.6 Å². The van der Waals surface area contributed by atoms with E-state index < -0.39 is 36.6 Å². The van der Waals surface area contributed by atoms with Crippen LogP contribution in [0.25, 0.3) is 11.3 Å². The maximum absolute atomic E-state index is 15.0. The van der Waals surface area contributed by atoms with Crippen LogP contribution >= 0.6 is 0 Å². The highest BCUT2D eigenvalue weighted by Gasteiger charge is 2.49. The molecule has 1 aromatic heterocycles. The average Bonchev–Trinajstić information content (AvgIpc) is 3.65. The van der Waals surface area contributed by atoms with E-state index in [1.54, 1.807) is 18.2 Å². The summed E-state index contributed by atoms with van der Waals surface area (Å²) >= 11 is 0. The number of anilines is 1. The number of piperidine rings is 1. The van der Waals surface area contributed by atoms with Crippen LogP contribution in [0.5, 0.6) is 5.75 Å². The molecule has 5 rings (SSSR count). The van der Waals surface area contributed by atoms with Crippen molar-refractivity contribution in [2.75, 3.05) is 25.0 Å². The number of pyridine rings is 1. The molecule has 2 saturated heterocycles. The summed E-state index contributed by atoms with van der Waals surface area (Å²) in [6, 6.07) is 8.85. The highest BCUT2D eigenvalue weighted by molar-refractivity contribution is 5.94. The number of alkyl carbamates (subject to hydrolysis) is 1. The number of benzene rings is 1. The standard InChI is InChI=1S/C25H23F2N5O5/c26-25(27)13-32(23(34)19-12-36-24(35)31-19)8-6-21(25)37-20-4-3-15(9-16(20)11-28)18-10-17(5-7-29-18)30-22(33)14-1-2-14/h3-5,7,9-10,14,19,21H,1-2,6,8,12-13H2,(H,31,35)(H,29,30,33)/t19?,21-/m0/s1. The Morgan fingerprint density at radius 1 is 1.24 bits per heavy atom. The summed E-state index contributed by atoms with van der Waals surface area (Å²) < 4.78 is 40.2. The Balaban J connectivity index is 1.27. The van der Waals surface area contributed by atoms with Crippen molar-refractivity contribution in [3.8, 4) is 23.1 Å². The van der Waals surface area contributed by atoms with E-state index in [9.17, 15) is 28.4 Å². The third-order valence-electron chi connectivity index (χ3n) is 6.46. The number of rotatable bonds is 6. The lowest BCUT2D eigenvalue weighted by molar-refractivity contribution is -0.161. The molecule has 1 aliphatic carbocycles. The zero-order chi connectivity index (χ0) is 26.2.